The van der Waals surface area contributed by atoms with Gasteiger partial charge < -0.3 is 19.5 Å². The van der Waals surface area contributed by atoms with E-state index in [2.05, 4.69) is 0 Å². The van der Waals surface area contributed by atoms with Crippen LogP contribution in [0.5, 0.6) is 11.5 Å². The SMILES string of the molecule is CC[C@@H](C(=O)O)N(CC)c1cc(OC)ccc1OC. The molecule has 1 aromatic carbocycles. The Bertz CT molecular complexity index is 433. The van der Waals surface area contributed by atoms with Crippen molar-refractivity contribution in [2.45, 2.75) is 26.3 Å². The molecule has 0 saturated heterocycles. The van der Waals surface area contributed by atoms with Crippen LogP contribution in [0.25, 0.3) is 0 Å². The molecule has 1 aromatic rings. The standard InChI is InChI=1S/C14H21NO4/c1-5-11(14(16)17)15(6-2)12-9-10(18-3)7-8-13(12)19-4/h7-9,11H,5-6H2,1-4H3,(H,16,17)/t11-/m0/s1. The molecule has 0 aliphatic rings. The summed E-state index contributed by atoms with van der Waals surface area (Å²) < 4.78 is 10.5. The topological polar surface area (TPSA) is 59.0 Å². The van der Waals surface area contributed by atoms with Gasteiger partial charge in [-0.2, -0.15) is 0 Å². The Kier molecular flexibility index (Phi) is 5.48. The van der Waals surface area contributed by atoms with Gasteiger partial charge in [-0.15, -0.1) is 0 Å². The molecule has 0 aliphatic heterocycles. The fourth-order valence-corrected chi connectivity index (χ4v) is 2.11. The van der Waals surface area contributed by atoms with Crippen molar-refractivity contribution in [2.75, 3.05) is 25.7 Å². The van der Waals surface area contributed by atoms with Crippen molar-refractivity contribution in [1.82, 2.24) is 0 Å². The number of aliphatic carboxylic acids is 1. The van der Waals surface area contributed by atoms with Crippen molar-refractivity contribution in [3.05, 3.63) is 18.2 Å². The molecule has 0 unspecified atom stereocenters. The first kappa shape index (κ1) is 15.1. The van der Waals surface area contributed by atoms with Crippen molar-refractivity contribution in [2.24, 2.45) is 0 Å². The average Bonchev–Trinajstić information content (AvgIpc) is 2.43. The van der Waals surface area contributed by atoms with Crippen LogP contribution in [-0.4, -0.2) is 37.9 Å². The first-order valence-electron chi connectivity index (χ1n) is 6.30. The highest BCUT2D eigenvalue weighted by Gasteiger charge is 2.25. The summed E-state index contributed by atoms with van der Waals surface area (Å²) in [6.07, 6.45) is 0.517. The minimum atomic E-state index is -0.839. The Labute approximate surface area is 113 Å². The number of ether oxygens (including phenoxy) is 2. The number of carboxylic acids is 1. The van der Waals surface area contributed by atoms with E-state index in [0.29, 0.717) is 24.5 Å². The Morgan fingerprint density at radius 1 is 1.32 bits per heavy atom. The summed E-state index contributed by atoms with van der Waals surface area (Å²) in [6.45, 7) is 4.35. The zero-order chi connectivity index (χ0) is 14.4. The second kappa shape index (κ2) is 6.87. The summed E-state index contributed by atoms with van der Waals surface area (Å²) in [5.41, 5.74) is 0.735. The van der Waals surface area contributed by atoms with Gasteiger partial charge in [0, 0.05) is 12.6 Å². The number of hydrogen-bond donors (Lipinski definition) is 1. The third-order valence-electron chi connectivity index (χ3n) is 3.08. The quantitative estimate of drug-likeness (QED) is 0.822. The van der Waals surface area contributed by atoms with Crippen LogP contribution < -0.4 is 14.4 Å². The fraction of sp³-hybridized carbons (Fsp3) is 0.500. The van der Waals surface area contributed by atoms with E-state index in [9.17, 15) is 9.90 Å². The Balaban J connectivity index is 3.25. The van der Waals surface area contributed by atoms with Gasteiger partial charge in [-0.1, -0.05) is 6.92 Å². The van der Waals surface area contributed by atoms with Crippen LogP contribution in [0, 0.1) is 0 Å². The number of rotatable bonds is 7. The molecule has 0 fully saturated rings. The molecule has 0 aliphatic carbocycles. The molecule has 1 atom stereocenters. The van der Waals surface area contributed by atoms with Crippen LogP contribution in [0.4, 0.5) is 5.69 Å². The van der Waals surface area contributed by atoms with E-state index in [-0.39, 0.29) is 0 Å². The van der Waals surface area contributed by atoms with Gasteiger partial charge in [0.15, 0.2) is 0 Å². The smallest absolute Gasteiger partial charge is 0.326 e. The van der Waals surface area contributed by atoms with Gasteiger partial charge >= 0.3 is 5.97 Å². The maximum absolute atomic E-state index is 11.3. The molecule has 0 radical (unpaired) electrons. The largest absolute Gasteiger partial charge is 0.497 e. The lowest BCUT2D eigenvalue weighted by Crippen LogP contribution is -2.41. The number of carbonyl (C=O) groups is 1. The van der Waals surface area contributed by atoms with Gasteiger partial charge in [0.05, 0.1) is 19.9 Å². The van der Waals surface area contributed by atoms with Gasteiger partial charge in [0.1, 0.15) is 17.5 Å². The lowest BCUT2D eigenvalue weighted by Gasteiger charge is -2.30. The van der Waals surface area contributed by atoms with Crippen LogP contribution in [-0.2, 0) is 4.79 Å². The predicted molar refractivity (Wildman–Crippen MR) is 74.3 cm³/mol. The second-order valence-electron chi connectivity index (χ2n) is 4.09. The highest BCUT2D eigenvalue weighted by Crippen LogP contribution is 2.33. The van der Waals surface area contributed by atoms with E-state index in [1.54, 1.807) is 32.4 Å². The summed E-state index contributed by atoms with van der Waals surface area (Å²) in [7, 11) is 3.15. The van der Waals surface area contributed by atoms with E-state index < -0.39 is 12.0 Å². The van der Waals surface area contributed by atoms with E-state index in [1.165, 1.54) is 0 Å². The van der Waals surface area contributed by atoms with Gasteiger partial charge in [0.25, 0.3) is 0 Å². The minimum Gasteiger partial charge on any atom is -0.497 e. The normalized spacial score (nSPS) is 11.8. The molecule has 5 nitrogen and oxygen atoms in total. The Morgan fingerprint density at radius 3 is 2.42 bits per heavy atom. The molecule has 1 rings (SSSR count). The first-order valence-corrected chi connectivity index (χ1v) is 6.30. The second-order valence-corrected chi connectivity index (χ2v) is 4.09. The lowest BCUT2D eigenvalue weighted by atomic mass is 10.1. The van der Waals surface area contributed by atoms with Crippen LogP contribution in [0.2, 0.25) is 0 Å². The summed E-state index contributed by atoms with van der Waals surface area (Å²) in [6, 6.07) is 4.79. The van der Waals surface area contributed by atoms with Crippen LogP contribution >= 0.6 is 0 Å². The van der Waals surface area contributed by atoms with Crippen molar-refractivity contribution < 1.29 is 19.4 Å². The molecule has 19 heavy (non-hydrogen) atoms. The summed E-state index contributed by atoms with van der Waals surface area (Å²) in [5.74, 6) is 0.478. The predicted octanol–water partition coefficient (Wildman–Crippen LogP) is 2.39. The van der Waals surface area contributed by atoms with Gasteiger partial charge in [0.2, 0.25) is 0 Å². The van der Waals surface area contributed by atoms with E-state index >= 15 is 0 Å². The van der Waals surface area contributed by atoms with Crippen molar-refractivity contribution in [3.8, 4) is 11.5 Å². The molecule has 0 saturated carbocycles. The molecule has 0 aromatic heterocycles. The molecular weight excluding hydrogens is 246 g/mol. The highest BCUT2D eigenvalue weighted by atomic mass is 16.5. The van der Waals surface area contributed by atoms with Crippen LogP contribution in [0.3, 0.4) is 0 Å². The highest BCUT2D eigenvalue weighted by molar-refractivity contribution is 5.79. The van der Waals surface area contributed by atoms with Crippen molar-refractivity contribution in [1.29, 1.82) is 0 Å². The van der Waals surface area contributed by atoms with Crippen molar-refractivity contribution in [3.63, 3.8) is 0 Å². The van der Waals surface area contributed by atoms with E-state index in [1.807, 2.05) is 18.7 Å². The molecular formula is C14H21NO4. The maximum Gasteiger partial charge on any atom is 0.326 e. The maximum atomic E-state index is 11.3. The molecule has 106 valence electrons. The Hall–Kier alpha value is -1.91. The summed E-state index contributed by atoms with van der Waals surface area (Å²) in [5, 5.41) is 9.31. The summed E-state index contributed by atoms with van der Waals surface area (Å²) >= 11 is 0. The summed E-state index contributed by atoms with van der Waals surface area (Å²) in [4.78, 5) is 13.2. The number of benzene rings is 1. The van der Waals surface area contributed by atoms with Gasteiger partial charge in [-0.05, 0) is 25.5 Å². The zero-order valence-corrected chi connectivity index (χ0v) is 11.8. The zero-order valence-electron chi connectivity index (χ0n) is 11.8. The third-order valence-corrected chi connectivity index (χ3v) is 3.08. The molecule has 0 spiro atoms. The monoisotopic (exact) mass is 267 g/mol. The van der Waals surface area contributed by atoms with Gasteiger partial charge in [-0.25, -0.2) is 4.79 Å². The Morgan fingerprint density at radius 2 is 2.00 bits per heavy atom. The number of hydrogen-bond acceptors (Lipinski definition) is 4. The lowest BCUT2D eigenvalue weighted by molar-refractivity contribution is -0.138. The first-order chi connectivity index (χ1) is 9.08. The number of methoxy groups -OCH3 is 2. The fourth-order valence-electron chi connectivity index (χ4n) is 2.11. The molecule has 0 bridgehead atoms. The number of carboxylic acid groups (broad SMARTS) is 1. The van der Waals surface area contributed by atoms with Crippen LogP contribution in [0.1, 0.15) is 20.3 Å². The van der Waals surface area contributed by atoms with E-state index in [4.69, 9.17) is 9.47 Å². The van der Waals surface area contributed by atoms with E-state index in [0.717, 1.165) is 5.69 Å². The average molecular weight is 267 g/mol. The molecule has 1 N–H and O–H groups in total. The number of anilines is 1. The number of likely N-dealkylation sites (N-methyl/N-ethyl adjacent to an activating group) is 1. The number of nitrogens with zero attached hydrogens (tertiary/aromatic N) is 1. The minimum absolute atomic E-state index is 0.517. The van der Waals surface area contributed by atoms with Gasteiger partial charge in [-0.3, -0.25) is 0 Å². The molecule has 5 heteroatoms. The van der Waals surface area contributed by atoms with Crippen molar-refractivity contribution >= 4 is 11.7 Å². The molecule has 0 amide bonds. The van der Waals surface area contributed by atoms with Crippen LogP contribution in [0.15, 0.2) is 18.2 Å². The molecule has 0 heterocycles. The third kappa shape index (κ3) is 3.30.